The zero-order valence-electron chi connectivity index (χ0n) is 15.8. The Morgan fingerprint density at radius 3 is 2.52 bits per heavy atom. The predicted molar refractivity (Wildman–Crippen MR) is 104 cm³/mol. The molecule has 0 spiro atoms. The van der Waals surface area contributed by atoms with Gasteiger partial charge in [0.1, 0.15) is 11.8 Å². The molecule has 2 aliphatic rings. The molecular formula is C22H24N2O3. The van der Waals surface area contributed by atoms with Crippen LogP contribution in [0.25, 0.3) is 0 Å². The lowest BCUT2D eigenvalue weighted by Gasteiger charge is -2.39. The summed E-state index contributed by atoms with van der Waals surface area (Å²) in [5.41, 5.74) is 4.14. The Labute approximate surface area is 159 Å². The Morgan fingerprint density at radius 2 is 1.78 bits per heavy atom. The quantitative estimate of drug-likeness (QED) is 0.841. The van der Waals surface area contributed by atoms with E-state index in [1.165, 1.54) is 11.1 Å². The molecule has 140 valence electrons. The summed E-state index contributed by atoms with van der Waals surface area (Å²) in [6.45, 7) is 2.82. The van der Waals surface area contributed by atoms with Crippen LogP contribution < -0.4 is 9.64 Å². The van der Waals surface area contributed by atoms with Crippen LogP contribution in [-0.2, 0) is 17.6 Å². The number of aryl methyl sites for hydroxylation is 2. The number of methoxy groups -OCH3 is 1. The van der Waals surface area contributed by atoms with Crippen molar-refractivity contribution in [2.45, 2.75) is 32.2 Å². The first-order valence-corrected chi connectivity index (χ1v) is 9.46. The third-order valence-corrected chi connectivity index (χ3v) is 5.65. The number of benzene rings is 2. The van der Waals surface area contributed by atoms with Gasteiger partial charge in [0, 0.05) is 24.3 Å². The van der Waals surface area contributed by atoms with Crippen LogP contribution in [0.1, 0.15) is 34.8 Å². The molecule has 0 saturated carbocycles. The molecule has 1 saturated heterocycles. The molecule has 1 fully saturated rings. The topological polar surface area (TPSA) is 49.9 Å². The van der Waals surface area contributed by atoms with Gasteiger partial charge in [-0.25, -0.2) is 0 Å². The van der Waals surface area contributed by atoms with Gasteiger partial charge in [-0.05, 0) is 73.7 Å². The number of hydrogen-bond donors (Lipinski definition) is 0. The summed E-state index contributed by atoms with van der Waals surface area (Å²) in [6.07, 6.45) is 3.29. The molecule has 0 unspecified atom stereocenters. The molecule has 1 atom stereocenters. The zero-order valence-corrected chi connectivity index (χ0v) is 15.8. The largest absolute Gasteiger partial charge is 0.497 e. The number of nitrogens with zero attached hydrogens (tertiary/aromatic N) is 2. The normalized spacial score (nSPS) is 19.2. The minimum atomic E-state index is -0.485. The maximum Gasteiger partial charge on any atom is 0.254 e. The number of hydrogen-bond acceptors (Lipinski definition) is 3. The van der Waals surface area contributed by atoms with Crippen LogP contribution >= 0.6 is 0 Å². The number of ether oxygens (including phenoxy) is 1. The van der Waals surface area contributed by atoms with E-state index >= 15 is 0 Å². The summed E-state index contributed by atoms with van der Waals surface area (Å²) in [7, 11) is 1.62. The van der Waals surface area contributed by atoms with Gasteiger partial charge in [0.05, 0.1) is 7.11 Å². The lowest BCUT2D eigenvalue weighted by molar-refractivity contribution is -0.124. The first-order valence-electron chi connectivity index (χ1n) is 9.46. The lowest BCUT2D eigenvalue weighted by Crippen LogP contribution is -2.57. The summed E-state index contributed by atoms with van der Waals surface area (Å²) < 4.78 is 5.18. The molecule has 2 aromatic carbocycles. The van der Waals surface area contributed by atoms with Crippen LogP contribution in [-0.4, -0.2) is 43.0 Å². The molecule has 0 aromatic heterocycles. The van der Waals surface area contributed by atoms with Crippen LogP contribution in [0.15, 0.2) is 42.5 Å². The van der Waals surface area contributed by atoms with Crippen molar-refractivity contribution in [3.8, 4) is 5.75 Å². The number of piperazine rings is 1. The maximum atomic E-state index is 13.0. The Kier molecular flexibility index (Phi) is 4.60. The van der Waals surface area contributed by atoms with Crippen molar-refractivity contribution in [2.75, 3.05) is 25.1 Å². The number of amides is 2. The van der Waals surface area contributed by atoms with E-state index in [0.717, 1.165) is 30.7 Å². The smallest absolute Gasteiger partial charge is 0.254 e. The molecule has 0 N–H and O–H groups in total. The van der Waals surface area contributed by atoms with Crippen molar-refractivity contribution >= 4 is 17.5 Å². The van der Waals surface area contributed by atoms with E-state index in [9.17, 15) is 9.59 Å². The molecule has 0 radical (unpaired) electrons. The van der Waals surface area contributed by atoms with Gasteiger partial charge < -0.3 is 14.5 Å². The fraction of sp³-hybridized carbons (Fsp3) is 0.364. The summed E-state index contributed by atoms with van der Waals surface area (Å²) >= 11 is 0. The molecule has 1 aliphatic heterocycles. The number of fused-ring (bicyclic) bond motifs is 1. The molecule has 1 heterocycles. The molecule has 0 bridgehead atoms. The van der Waals surface area contributed by atoms with E-state index in [1.54, 1.807) is 16.9 Å². The van der Waals surface area contributed by atoms with Crippen molar-refractivity contribution in [1.29, 1.82) is 0 Å². The van der Waals surface area contributed by atoms with Gasteiger partial charge in [0.15, 0.2) is 0 Å². The molecule has 1 aliphatic carbocycles. The van der Waals surface area contributed by atoms with Crippen molar-refractivity contribution in [2.24, 2.45) is 0 Å². The molecular weight excluding hydrogens is 340 g/mol. The summed E-state index contributed by atoms with van der Waals surface area (Å²) in [5.74, 6) is 0.644. The van der Waals surface area contributed by atoms with Crippen LogP contribution in [0.5, 0.6) is 5.75 Å². The predicted octanol–water partition coefficient (Wildman–Crippen LogP) is 3.06. The number of anilines is 1. The highest BCUT2D eigenvalue weighted by atomic mass is 16.5. The second-order valence-corrected chi connectivity index (χ2v) is 7.20. The standard InChI is InChI=1S/C22H24N2O3/c1-15-21(25)24(19-8-10-20(27-2)11-9-19)13-12-23(15)22(26)18-7-6-16-4-3-5-17(16)14-18/h6-11,14-15H,3-5,12-13H2,1-2H3/t15-/m0/s1. The highest BCUT2D eigenvalue weighted by Crippen LogP contribution is 2.26. The summed E-state index contributed by atoms with van der Waals surface area (Å²) in [5, 5.41) is 0. The van der Waals surface area contributed by atoms with Crippen LogP contribution in [0, 0.1) is 0 Å². The third-order valence-electron chi connectivity index (χ3n) is 5.65. The highest BCUT2D eigenvalue weighted by molar-refractivity contribution is 6.03. The van der Waals surface area contributed by atoms with Crippen LogP contribution in [0.2, 0.25) is 0 Å². The fourth-order valence-electron chi connectivity index (χ4n) is 4.04. The van der Waals surface area contributed by atoms with Gasteiger partial charge >= 0.3 is 0 Å². The molecule has 5 heteroatoms. The molecule has 5 nitrogen and oxygen atoms in total. The first kappa shape index (κ1) is 17.6. The van der Waals surface area contributed by atoms with Crippen LogP contribution in [0.3, 0.4) is 0 Å². The average Bonchev–Trinajstić information content (AvgIpc) is 3.17. The Morgan fingerprint density at radius 1 is 1.04 bits per heavy atom. The summed E-state index contributed by atoms with van der Waals surface area (Å²) in [4.78, 5) is 29.4. The van der Waals surface area contributed by atoms with Crippen molar-refractivity contribution < 1.29 is 14.3 Å². The SMILES string of the molecule is COc1ccc(N2CCN(C(=O)c3ccc4c(c3)CCC4)[C@@H](C)C2=O)cc1. The van der Waals surface area contributed by atoms with Gasteiger partial charge in [0.25, 0.3) is 5.91 Å². The number of carbonyl (C=O) groups is 2. The third kappa shape index (κ3) is 3.18. The number of rotatable bonds is 3. The van der Waals surface area contributed by atoms with E-state index in [4.69, 9.17) is 4.74 Å². The molecule has 2 amide bonds. The van der Waals surface area contributed by atoms with Gasteiger partial charge in [-0.1, -0.05) is 6.07 Å². The van der Waals surface area contributed by atoms with E-state index in [2.05, 4.69) is 6.07 Å². The first-order chi connectivity index (χ1) is 13.1. The lowest BCUT2D eigenvalue weighted by atomic mass is 10.0. The van der Waals surface area contributed by atoms with Crippen LogP contribution in [0.4, 0.5) is 5.69 Å². The van der Waals surface area contributed by atoms with Crippen molar-refractivity contribution in [1.82, 2.24) is 4.90 Å². The van der Waals surface area contributed by atoms with Crippen molar-refractivity contribution in [3.05, 3.63) is 59.2 Å². The average molecular weight is 364 g/mol. The minimum absolute atomic E-state index is 0.0547. The van der Waals surface area contributed by atoms with Gasteiger partial charge in [-0.3, -0.25) is 9.59 Å². The Bertz CT molecular complexity index is 876. The molecule has 2 aromatic rings. The number of carbonyl (C=O) groups excluding carboxylic acids is 2. The second-order valence-electron chi connectivity index (χ2n) is 7.20. The van der Waals surface area contributed by atoms with E-state index in [1.807, 2.05) is 43.3 Å². The fourth-order valence-corrected chi connectivity index (χ4v) is 4.04. The molecule has 27 heavy (non-hydrogen) atoms. The van der Waals surface area contributed by atoms with Gasteiger partial charge in [-0.15, -0.1) is 0 Å². The minimum Gasteiger partial charge on any atom is -0.497 e. The van der Waals surface area contributed by atoms with Crippen molar-refractivity contribution in [3.63, 3.8) is 0 Å². The van der Waals surface area contributed by atoms with Gasteiger partial charge in [0.2, 0.25) is 5.91 Å². The van der Waals surface area contributed by atoms with E-state index in [0.29, 0.717) is 18.7 Å². The van der Waals surface area contributed by atoms with E-state index < -0.39 is 6.04 Å². The second kappa shape index (κ2) is 7.06. The maximum absolute atomic E-state index is 13.0. The molecule has 4 rings (SSSR count). The van der Waals surface area contributed by atoms with Gasteiger partial charge in [-0.2, -0.15) is 0 Å². The highest BCUT2D eigenvalue weighted by Gasteiger charge is 2.35. The zero-order chi connectivity index (χ0) is 19.0. The monoisotopic (exact) mass is 364 g/mol. The van der Waals surface area contributed by atoms with E-state index in [-0.39, 0.29) is 11.8 Å². The Balaban J connectivity index is 1.51. The Hall–Kier alpha value is -2.82. The summed E-state index contributed by atoms with van der Waals surface area (Å²) in [6, 6.07) is 12.9.